The molecule has 0 aromatic heterocycles. The first-order valence-electron chi connectivity index (χ1n) is 5.92. The van der Waals surface area contributed by atoms with Gasteiger partial charge in [0.15, 0.2) is 0 Å². The maximum absolute atomic E-state index is 10.9. The molecular weight excluding hydrogens is 190 g/mol. The van der Waals surface area contributed by atoms with E-state index < -0.39 is 12.0 Å². The summed E-state index contributed by atoms with van der Waals surface area (Å²) in [6, 6.07) is -0.737. The summed E-state index contributed by atoms with van der Waals surface area (Å²) in [7, 11) is 0. The summed E-state index contributed by atoms with van der Waals surface area (Å²) < 4.78 is 0. The van der Waals surface area contributed by atoms with Crippen molar-refractivity contribution >= 4 is 5.97 Å². The summed E-state index contributed by atoms with van der Waals surface area (Å²) in [6.07, 6.45) is 7.36. The molecule has 0 heterocycles. The average Bonchev–Trinajstić information content (AvgIpc) is 2.17. The van der Waals surface area contributed by atoms with Gasteiger partial charge in [0.05, 0.1) is 0 Å². The third-order valence-electron chi connectivity index (χ3n) is 3.65. The maximum Gasteiger partial charge on any atom is 0.321 e. The molecule has 0 amide bonds. The Morgan fingerprint density at radius 1 is 1.40 bits per heavy atom. The van der Waals surface area contributed by atoms with Gasteiger partial charge in [0.25, 0.3) is 0 Å². The van der Waals surface area contributed by atoms with Gasteiger partial charge in [0.1, 0.15) is 6.04 Å². The van der Waals surface area contributed by atoms with E-state index >= 15 is 0 Å². The van der Waals surface area contributed by atoms with Gasteiger partial charge in [-0.1, -0.05) is 46.0 Å². The van der Waals surface area contributed by atoms with Crippen LogP contribution in [0.5, 0.6) is 0 Å². The van der Waals surface area contributed by atoms with Crippen LogP contribution in [-0.2, 0) is 4.79 Å². The SMILES string of the molecule is CC(C)(CC1CCCCC1)C(N)C(=O)O. The zero-order valence-electron chi connectivity index (χ0n) is 9.83. The summed E-state index contributed by atoms with van der Waals surface area (Å²) in [5.74, 6) is -0.199. The van der Waals surface area contributed by atoms with E-state index in [1.165, 1.54) is 32.1 Å². The number of carboxylic acids is 1. The van der Waals surface area contributed by atoms with Crippen LogP contribution in [0.2, 0.25) is 0 Å². The van der Waals surface area contributed by atoms with Crippen LogP contribution < -0.4 is 5.73 Å². The molecular formula is C12H23NO2. The molecule has 0 spiro atoms. The Kier molecular flexibility index (Phi) is 4.14. The molecule has 1 atom stereocenters. The maximum atomic E-state index is 10.9. The molecule has 1 fully saturated rings. The quantitative estimate of drug-likeness (QED) is 0.753. The standard InChI is InChI=1S/C12H23NO2/c1-12(2,10(13)11(14)15)8-9-6-4-3-5-7-9/h9-10H,3-8,13H2,1-2H3,(H,14,15). The Labute approximate surface area is 92.0 Å². The molecule has 0 aromatic rings. The van der Waals surface area contributed by atoms with E-state index in [0.29, 0.717) is 5.92 Å². The van der Waals surface area contributed by atoms with Gasteiger partial charge in [-0.25, -0.2) is 0 Å². The Morgan fingerprint density at radius 3 is 2.40 bits per heavy atom. The van der Waals surface area contributed by atoms with Crippen molar-refractivity contribution < 1.29 is 9.90 Å². The first kappa shape index (κ1) is 12.5. The minimum atomic E-state index is -0.879. The molecule has 1 aliphatic carbocycles. The van der Waals surface area contributed by atoms with Crippen LogP contribution in [0.4, 0.5) is 0 Å². The van der Waals surface area contributed by atoms with Crippen LogP contribution in [-0.4, -0.2) is 17.1 Å². The second-order valence-corrected chi connectivity index (χ2v) is 5.51. The molecule has 3 N–H and O–H groups in total. The number of nitrogens with two attached hydrogens (primary N) is 1. The molecule has 1 rings (SSSR count). The summed E-state index contributed by atoms with van der Waals surface area (Å²) in [5, 5.41) is 8.92. The number of hydrogen-bond donors (Lipinski definition) is 2. The lowest BCUT2D eigenvalue weighted by Crippen LogP contribution is -2.45. The number of rotatable bonds is 4. The smallest absolute Gasteiger partial charge is 0.321 e. The van der Waals surface area contributed by atoms with E-state index in [4.69, 9.17) is 10.8 Å². The first-order chi connectivity index (χ1) is 6.93. The van der Waals surface area contributed by atoms with Gasteiger partial charge < -0.3 is 10.8 Å². The molecule has 3 nitrogen and oxygen atoms in total. The third-order valence-corrected chi connectivity index (χ3v) is 3.65. The fourth-order valence-electron chi connectivity index (χ4n) is 2.60. The van der Waals surface area contributed by atoms with Gasteiger partial charge in [-0.15, -0.1) is 0 Å². The normalized spacial score (nSPS) is 21.3. The van der Waals surface area contributed by atoms with Crippen LogP contribution in [0.1, 0.15) is 52.4 Å². The van der Waals surface area contributed by atoms with Crippen molar-refractivity contribution in [2.24, 2.45) is 17.1 Å². The van der Waals surface area contributed by atoms with E-state index in [1.54, 1.807) is 0 Å². The molecule has 3 heteroatoms. The minimum absolute atomic E-state index is 0.284. The summed E-state index contributed by atoms with van der Waals surface area (Å²) in [4.78, 5) is 10.9. The van der Waals surface area contributed by atoms with E-state index in [9.17, 15) is 4.79 Å². The van der Waals surface area contributed by atoms with Crippen LogP contribution in [0.15, 0.2) is 0 Å². The fourth-order valence-corrected chi connectivity index (χ4v) is 2.60. The number of aliphatic carboxylic acids is 1. The monoisotopic (exact) mass is 213 g/mol. The first-order valence-corrected chi connectivity index (χ1v) is 5.92. The van der Waals surface area contributed by atoms with E-state index in [-0.39, 0.29) is 5.41 Å². The second-order valence-electron chi connectivity index (χ2n) is 5.51. The molecule has 1 aliphatic rings. The van der Waals surface area contributed by atoms with Crippen LogP contribution in [0.3, 0.4) is 0 Å². The van der Waals surface area contributed by atoms with Gasteiger partial charge in [-0.05, 0) is 17.8 Å². The lowest BCUT2D eigenvalue weighted by molar-refractivity contribution is -0.141. The summed E-state index contributed by atoms with van der Waals surface area (Å²) >= 11 is 0. The molecule has 0 saturated heterocycles. The minimum Gasteiger partial charge on any atom is -0.480 e. The summed E-state index contributed by atoms with van der Waals surface area (Å²) in [5.41, 5.74) is 5.43. The van der Waals surface area contributed by atoms with Crippen LogP contribution >= 0.6 is 0 Å². The van der Waals surface area contributed by atoms with Crippen molar-refractivity contribution in [2.75, 3.05) is 0 Å². The zero-order valence-corrected chi connectivity index (χ0v) is 9.83. The molecule has 0 radical (unpaired) electrons. The predicted molar refractivity (Wildman–Crippen MR) is 60.6 cm³/mol. The largest absolute Gasteiger partial charge is 0.480 e. The highest BCUT2D eigenvalue weighted by Gasteiger charge is 2.34. The van der Waals surface area contributed by atoms with Gasteiger partial charge in [-0.2, -0.15) is 0 Å². The van der Waals surface area contributed by atoms with Crippen LogP contribution in [0.25, 0.3) is 0 Å². The molecule has 0 bridgehead atoms. The van der Waals surface area contributed by atoms with Gasteiger partial charge in [0.2, 0.25) is 0 Å². The molecule has 0 aliphatic heterocycles. The highest BCUT2D eigenvalue weighted by molar-refractivity contribution is 5.74. The van der Waals surface area contributed by atoms with Crippen molar-refractivity contribution in [3.63, 3.8) is 0 Å². The fraction of sp³-hybridized carbons (Fsp3) is 0.917. The Morgan fingerprint density at radius 2 is 1.93 bits per heavy atom. The zero-order chi connectivity index (χ0) is 11.5. The van der Waals surface area contributed by atoms with Crippen molar-refractivity contribution in [1.29, 1.82) is 0 Å². The average molecular weight is 213 g/mol. The lowest BCUT2D eigenvalue weighted by atomic mass is 9.73. The number of carboxylic acid groups (broad SMARTS) is 1. The van der Waals surface area contributed by atoms with Crippen molar-refractivity contribution in [3.05, 3.63) is 0 Å². The highest BCUT2D eigenvalue weighted by Crippen LogP contribution is 2.35. The summed E-state index contributed by atoms with van der Waals surface area (Å²) in [6.45, 7) is 3.95. The highest BCUT2D eigenvalue weighted by atomic mass is 16.4. The van der Waals surface area contributed by atoms with Gasteiger partial charge in [0, 0.05) is 0 Å². The Balaban J connectivity index is 2.50. The second kappa shape index (κ2) is 4.97. The van der Waals surface area contributed by atoms with Gasteiger partial charge >= 0.3 is 5.97 Å². The van der Waals surface area contributed by atoms with E-state index in [2.05, 4.69) is 0 Å². The van der Waals surface area contributed by atoms with Gasteiger partial charge in [-0.3, -0.25) is 4.79 Å². The topological polar surface area (TPSA) is 63.3 Å². The van der Waals surface area contributed by atoms with Crippen molar-refractivity contribution in [3.8, 4) is 0 Å². The van der Waals surface area contributed by atoms with Crippen molar-refractivity contribution in [1.82, 2.24) is 0 Å². The third kappa shape index (κ3) is 3.49. The van der Waals surface area contributed by atoms with E-state index in [1.807, 2.05) is 13.8 Å². The molecule has 15 heavy (non-hydrogen) atoms. The van der Waals surface area contributed by atoms with E-state index in [0.717, 1.165) is 6.42 Å². The lowest BCUT2D eigenvalue weighted by Gasteiger charge is -2.34. The molecule has 88 valence electrons. The number of carbonyl (C=O) groups is 1. The van der Waals surface area contributed by atoms with Crippen molar-refractivity contribution in [2.45, 2.75) is 58.4 Å². The number of hydrogen-bond acceptors (Lipinski definition) is 2. The molecule has 1 saturated carbocycles. The molecule has 1 unspecified atom stereocenters. The van der Waals surface area contributed by atoms with Crippen LogP contribution in [0, 0.1) is 11.3 Å². The Bertz CT molecular complexity index is 220. The predicted octanol–water partition coefficient (Wildman–Crippen LogP) is 2.39. The molecule has 0 aromatic carbocycles. The Hall–Kier alpha value is -0.570.